The molecule has 17 heavy (non-hydrogen) atoms. The first kappa shape index (κ1) is 11.2. The Balaban J connectivity index is 2.88. The summed E-state index contributed by atoms with van der Waals surface area (Å²) < 4.78 is 9.93. The molecule has 0 aliphatic carbocycles. The van der Waals surface area contributed by atoms with E-state index in [2.05, 4.69) is 0 Å². The summed E-state index contributed by atoms with van der Waals surface area (Å²) in [5.74, 6) is -0.417. The van der Waals surface area contributed by atoms with Gasteiger partial charge in [-0.1, -0.05) is 0 Å². The lowest BCUT2D eigenvalue weighted by Gasteiger charge is -2.05. The maximum absolute atomic E-state index is 11.5. The first-order chi connectivity index (χ1) is 8.04. The van der Waals surface area contributed by atoms with E-state index in [-0.39, 0.29) is 22.3 Å². The molecule has 0 spiro atoms. The summed E-state index contributed by atoms with van der Waals surface area (Å²) in [5.41, 5.74) is -0.975. The minimum absolute atomic E-state index is 0.207. The van der Waals surface area contributed by atoms with Crippen molar-refractivity contribution < 1.29 is 19.1 Å². The molecule has 0 aliphatic heterocycles. The van der Waals surface area contributed by atoms with E-state index in [0.717, 1.165) is 0 Å². The van der Waals surface area contributed by atoms with E-state index in [9.17, 15) is 14.7 Å². The van der Waals surface area contributed by atoms with Gasteiger partial charge >= 0.3 is 5.63 Å². The van der Waals surface area contributed by atoms with Gasteiger partial charge in [-0.3, -0.25) is 4.79 Å². The largest absolute Gasteiger partial charge is 0.506 e. The molecule has 0 atom stereocenters. The summed E-state index contributed by atoms with van der Waals surface area (Å²) >= 11 is 0. The molecular formula is C12H10O5. The Morgan fingerprint density at radius 3 is 2.71 bits per heavy atom. The molecular weight excluding hydrogens is 224 g/mol. The number of carbonyl (C=O) groups is 1. The summed E-state index contributed by atoms with van der Waals surface area (Å²) in [7, 11) is 1.48. The van der Waals surface area contributed by atoms with Crippen LogP contribution in [0.4, 0.5) is 0 Å². The lowest BCUT2D eigenvalue weighted by atomic mass is 10.1. The minimum atomic E-state index is -0.840. The molecule has 5 nitrogen and oxygen atoms in total. The predicted octanol–water partition coefficient (Wildman–Crippen LogP) is 1.71. The Hall–Kier alpha value is -2.30. The number of Topliss-reactive ketones (excluding diaryl/α,β-unsaturated/α-hetero) is 1. The normalized spacial score (nSPS) is 10.5. The second-order valence-corrected chi connectivity index (χ2v) is 3.53. The van der Waals surface area contributed by atoms with Crippen LogP contribution in [-0.2, 0) is 0 Å². The zero-order chi connectivity index (χ0) is 12.6. The molecule has 5 heteroatoms. The van der Waals surface area contributed by atoms with Gasteiger partial charge in [-0.15, -0.1) is 0 Å². The molecule has 2 aromatic rings. The van der Waals surface area contributed by atoms with E-state index >= 15 is 0 Å². The van der Waals surface area contributed by atoms with Gasteiger partial charge in [-0.2, -0.15) is 0 Å². The summed E-state index contributed by atoms with van der Waals surface area (Å²) in [4.78, 5) is 22.7. The van der Waals surface area contributed by atoms with Crippen LogP contribution in [0.15, 0.2) is 27.4 Å². The smallest absolute Gasteiger partial charge is 0.351 e. The van der Waals surface area contributed by atoms with Crippen LogP contribution in [0.2, 0.25) is 0 Å². The van der Waals surface area contributed by atoms with Gasteiger partial charge in [-0.25, -0.2) is 4.79 Å². The van der Waals surface area contributed by atoms with Crippen molar-refractivity contribution in [3.8, 4) is 11.5 Å². The third kappa shape index (κ3) is 1.75. The summed E-state index contributed by atoms with van der Waals surface area (Å²) in [6, 6.07) is 4.59. The second-order valence-electron chi connectivity index (χ2n) is 3.53. The zero-order valence-corrected chi connectivity index (χ0v) is 9.31. The van der Waals surface area contributed by atoms with E-state index in [1.165, 1.54) is 26.2 Å². The number of hydrogen-bond donors (Lipinski definition) is 1. The molecule has 88 valence electrons. The highest BCUT2D eigenvalue weighted by molar-refractivity contribution is 6.01. The first-order valence-corrected chi connectivity index (χ1v) is 4.89. The monoisotopic (exact) mass is 234 g/mol. The van der Waals surface area contributed by atoms with Crippen molar-refractivity contribution in [3.05, 3.63) is 34.2 Å². The van der Waals surface area contributed by atoms with Crippen molar-refractivity contribution >= 4 is 16.8 Å². The minimum Gasteiger partial charge on any atom is -0.506 e. The van der Waals surface area contributed by atoms with E-state index in [4.69, 9.17) is 9.15 Å². The van der Waals surface area contributed by atoms with Crippen LogP contribution in [0.5, 0.6) is 11.5 Å². The lowest BCUT2D eigenvalue weighted by molar-refractivity contribution is 0.101. The Morgan fingerprint density at radius 1 is 1.41 bits per heavy atom. The maximum atomic E-state index is 11.5. The third-order valence-electron chi connectivity index (χ3n) is 2.44. The third-order valence-corrected chi connectivity index (χ3v) is 2.44. The van der Waals surface area contributed by atoms with Gasteiger partial charge in [0.2, 0.25) is 0 Å². The average molecular weight is 234 g/mol. The van der Waals surface area contributed by atoms with E-state index in [0.29, 0.717) is 5.75 Å². The van der Waals surface area contributed by atoms with Crippen LogP contribution in [0.3, 0.4) is 0 Å². The number of methoxy groups -OCH3 is 1. The van der Waals surface area contributed by atoms with E-state index < -0.39 is 11.4 Å². The highest BCUT2D eigenvalue weighted by atomic mass is 16.5. The molecule has 0 aliphatic rings. The van der Waals surface area contributed by atoms with Crippen LogP contribution in [0.25, 0.3) is 11.0 Å². The number of carbonyl (C=O) groups excluding carboxylic acids is 1. The fourth-order valence-corrected chi connectivity index (χ4v) is 1.60. The Bertz CT molecular complexity index is 654. The first-order valence-electron chi connectivity index (χ1n) is 4.89. The molecule has 2 rings (SSSR count). The summed E-state index contributed by atoms with van der Waals surface area (Å²) in [6.07, 6.45) is 0. The zero-order valence-electron chi connectivity index (χ0n) is 9.31. The Kier molecular flexibility index (Phi) is 2.59. The van der Waals surface area contributed by atoms with Crippen LogP contribution in [0.1, 0.15) is 17.3 Å². The van der Waals surface area contributed by atoms with Crippen molar-refractivity contribution in [2.75, 3.05) is 7.11 Å². The van der Waals surface area contributed by atoms with Gasteiger partial charge in [0.1, 0.15) is 22.6 Å². The molecule has 0 unspecified atom stereocenters. The topological polar surface area (TPSA) is 76.7 Å². The number of ether oxygens (including phenoxy) is 1. The second kappa shape index (κ2) is 3.93. The van der Waals surface area contributed by atoms with Crippen LogP contribution < -0.4 is 10.4 Å². The molecule has 1 heterocycles. The quantitative estimate of drug-likeness (QED) is 0.632. The molecule has 1 N–H and O–H groups in total. The Morgan fingerprint density at radius 2 is 2.12 bits per heavy atom. The van der Waals surface area contributed by atoms with Crippen LogP contribution >= 0.6 is 0 Å². The standard InChI is InChI=1S/C12H10O5/c1-6(13)10-11(14)8-5-7(16-2)3-4-9(8)17-12(10)15/h3-5,14H,1-2H3. The van der Waals surface area contributed by atoms with Gasteiger partial charge in [0.25, 0.3) is 0 Å². The number of ketones is 1. The molecule has 1 aromatic heterocycles. The average Bonchev–Trinajstić information content (AvgIpc) is 2.28. The van der Waals surface area contributed by atoms with Gasteiger partial charge in [0.15, 0.2) is 5.78 Å². The molecule has 1 aromatic carbocycles. The Labute approximate surface area is 96.2 Å². The molecule has 0 bridgehead atoms. The lowest BCUT2D eigenvalue weighted by Crippen LogP contribution is -2.11. The summed E-state index contributed by atoms with van der Waals surface area (Å²) in [6.45, 7) is 1.19. The van der Waals surface area contributed by atoms with Crippen molar-refractivity contribution in [3.63, 3.8) is 0 Å². The molecule has 0 amide bonds. The van der Waals surface area contributed by atoms with Gasteiger partial charge in [0.05, 0.1) is 12.5 Å². The van der Waals surface area contributed by atoms with E-state index in [1.54, 1.807) is 6.07 Å². The van der Waals surface area contributed by atoms with Crippen LogP contribution in [0, 0.1) is 0 Å². The SMILES string of the molecule is COc1ccc2oc(=O)c(C(C)=O)c(O)c2c1. The van der Waals surface area contributed by atoms with Gasteiger partial charge in [0, 0.05) is 0 Å². The molecule has 0 saturated heterocycles. The number of rotatable bonds is 2. The molecule has 0 fully saturated rings. The van der Waals surface area contributed by atoms with Crippen molar-refractivity contribution in [1.29, 1.82) is 0 Å². The van der Waals surface area contributed by atoms with E-state index in [1.807, 2.05) is 0 Å². The van der Waals surface area contributed by atoms with Crippen LogP contribution in [-0.4, -0.2) is 18.0 Å². The fourth-order valence-electron chi connectivity index (χ4n) is 1.60. The maximum Gasteiger partial charge on any atom is 0.351 e. The van der Waals surface area contributed by atoms with Crippen molar-refractivity contribution in [2.24, 2.45) is 0 Å². The number of benzene rings is 1. The number of hydrogen-bond acceptors (Lipinski definition) is 5. The molecule has 0 saturated carbocycles. The summed E-state index contributed by atoms with van der Waals surface area (Å²) in [5, 5.41) is 10.2. The van der Waals surface area contributed by atoms with Gasteiger partial charge < -0.3 is 14.3 Å². The fraction of sp³-hybridized carbons (Fsp3) is 0.167. The number of aromatic hydroxyl groups is 1. The predicted molar refractivity (Wildman–Crippen MR) is 60.7 cm³/mol. The highest BCUT2D eigenvalue weighted by Crippen LogP contribution is 2.29. The van der Waals surface area contributed by atoms with Crippen molar-refractivity contribution in [2.45, 2.75) is 6.92 Å². The highest BCUT2D eigenvalue weighted by Gasteiger charge is 2.17. The van der Waals surface area contributed by atoms with Crippen molar-refractivity contribution in [1.82, 2.24) is 0 Å². The van der Waals surface area contributed by atoms with Gasteiger partial charge in [-0.05, 0) is 25.1 Å². The number of fused-ring (bicyclic) bond motifs is 1. The molecule has 0 radical (unpaired) electrons.